The van der Waals surface area contributed by atoms with Crippen molar-refractivity contribution in [2.75, 3.05) is 11.9 Å². The highest BCUT2D eigenvalue weighted by molar-refractivity contribution is 7.00. The second-order valence-electron chi connectivity index (χ2n) is 6.72. The molecule has 4 rings (SSSR count). The molecule has 0 radical (unpaired) electrons. The first-order chi connectivity index (χ1) is 12.7. The molecule has 2 amide bonds. The summed E-state index contributed by atoms with van der Waals surface area (Å²) in [4.78, 5) is 15.0. The predicted molar refractivity (Wildman–Crippen MR) is 102 cm³/mol. The molecule has 0 aliphatic carbocycles. The predicted octanol–water partition coefficient (Wildman–Crippen LogP) is 3.67. The second-order valence-corrected chi connectivity index (χ2v) is 7.25. The number of aromatic nitrogens is 4. The highest BCUT2D eigenvalue weighted by Gasteiger charge is 2.27. The highest BCUT2D eigenvalue weighted by Crippen LogP contribution is 2.27. The van der Waals surface area contributed by atoms with Crippen LogP contribution in [0.2, 0.25) is 0 Å². The maximum Gasteiger partial charge on any atom is 0.322 e. The van der Waals surface area contributed by atoms with Crippen molar-refractivity contribution >= 4 is 34.5 Å². The molecule has 7 nitrogen and oxygen atoms in total. The molecule has 0 unspecified atom stereocenters. The highest BCUT2D eigenvalue weighted by atomic mass is 32.1. The zero-order valence-corrected chi connectivity index (χ0v) is 15.6. The Kier molecular flexibility index (Phi) is 4.83. The van der Waals surface area contributed by atoms with Crippen molar-refractivity contribution in [3.63, 3.8) is 0 Å². The number of rotatable bonds is 4. The lowest BCUT2D eigenvalue weighted by Crippen LogP contribution is -2.46. The molecule has 8 heteroatoms. The van der Waals surface area contributed by atoms with Gasteiger partial charge in [-0.3, -0.25) is 4.68 Å². The van der Waals surface area contributed by atoms with Crippen LogP contribution in [-0.4, -0.2) is 42.0 Å². The molecule has 2 aromatic heterocycles. The number of likely N-dealkylation sites (tertiary alicyclic amines) is 1. The molecule has 1 N–H and O–H groups in total. The first-order valence-corrected chi connectivity index (χ1v) is 9.72. The van der Waals surface area contributed by atoms with Crippen LogP contribution in [0, 0.1) is 6.92 Å². The van der Waals surface area contributed by atoms with Crippen LogP contribution < -0.4 is 5.32 Å². The zero-order valence-electron chi connectivity index (χ0n) is 14.8. The van der Waals surface area contributed by atoms with Crippen LogP contribution in [0.15, 0.2) is 30.6 Å². The van der Waals surface area contributed by atoms with Gasteiger partial charge in [-0.2, -0.15) is 13.8 Å². The minimum absolute atomic E-state index is 0.0428. The lowest BCUT2D eigenvalue weighted by atomic mass is 10.00. The summed E-state index contributed by atoms with van der Waals surface area (Å²) in [5.41, 5.74) is 3.37. The van der Waals surface area contributed by atoms with Crippen molar-refractivity contribution in [3.05, 3.63) is 36.2 Å². The van der Waals surface area contributed by atoms with Crippen LogP contribution in [0.3, 0.4) is 0 Å². The fourth-order valence-electron chi connectivity index (χ4n) is 3.57. The third-order valence-corrected chi connectivity index (χ3v) is 5.55. The Morgan fingerprint density at radius 1 is 1.35 bits per heavy atom. The van der Waals surface area contributed by atoms with E-state index in [0.717, 1.165) is 61.1 Å². The summed E-state index contributed by atoms with van der Waals surface area (Å²) < 4.78 is 10.5. The Hall–Kier alpha value is -2.48. The van der Waals surface area contributed by atoms with E-state index in [1.807, 2.05) is 40.9 Å². The van der Waals surface area contributed by atoms with Crippen molar-refractivity contribution in [3.8, 4) is 0 Å². The molecule has 26 heavy (non-hydrogen) atoms. The van der Waals surface area contributed by atoms with Gasteiger partial charge in [0.15, 0.2) is 0 Å². The van der Waals surface area contributed by atoms with Gasteiger partial charge >= 0.3 is 6.03 Å². The molecule has 1 aliphatic rings. The third kappa shape index (κ3) is 3.41. The molecule has 1 saturated heterocycles. The molecular formula is C18H22N6OS. The lowest BCUT2D eigenvalue weighted by molar-refractivity contribution is 0.154. The fourth-order valence-corrected chi connectivity index (χ4v) is 4.11. The molecule has 3 aromatic rings. The van der Waals surface area contributed by atoms with Crippen LogP contribution in [0.1, 0.15) is 31.2 Å². The Bertz CT molecular complexity index is 890. The number of amides is 2. The van der Waals surface area contributed by atoms with E-state index in [-0.39, 0.29) is 12.1 Å². The number of urea groups is 1. The third-order valence-electron chi connectivity index (χ3n) is 5.01. The molecule has 1 aliphatic heterocycles. The number of fused-ring (bicyclic) bond motifs is 1. The van der Waals surface area contributed by atoms with E-state index in [4.69, 9.17) is 0 Å². The number of carbonyl (C=O) groups is 1. The van der Waals surface area contributed by atoms with Crippen molar-refractivity contribution in [2.24, 2.45) is 0 Å². The average molecular weight is 370 g/mol. The molecule has 0 bridgehead atoms. The standard InChI is InChI=1S/C18H22N6OS/c1-13-6-7-15-17(22-26-21-15)16(13)20-18(25)24-11-3-2-5-14(24)8-12-23-10-4-9-19-23/h4,6-7,9-10,14H,2-3,5,8,11-12H2,1H3,(H,20,25)/t14-/m0/s1. The van der Waals surface area contributed by atoms with Crippen molar-refractivity contribution in [2.45, 2.75) is 45.2 Å². The number of benzene rings is 1. The minimum atomic E-state index is -0.0428. The summed E-state index contributed by atoms with van der Waals surface area (Å²) in [7, 11) is 0. The van der Waals surface area contributed by atoms with Gasteiger partial charge in [-0.1, -0.05) is 6.07 Å². The fraction of sp³-hybridized carbons (Fsp3) is 0.444. The van der Waals surface area contributed by atoms with Crippen LogP contribution in [0.5, 0.6) is 0 Å². The molecule has 3 heterocycles. The number of piperidine rings is 1. The maximum atomic E-state index is 13.0. The number of nitrogens with one attached hydrogen (secondary N) is 1. The normalized spacial score (nSPS) is 17.6. The van der Waals surface area contributed by atoms with Crippen LogP contribution in [0.4, 0.5) is 10.5 Å². The number of anilines is 1. The van der Waals surface area contributed by atoms with Crippen molar-refractivity contribution in [1.82, 2.24) is 23.4 Å². The van der Waals surface area contributed by atoms with Gasteiger partial charge in [0, 0.05) is 31.5 Å². The van der Waals surface area contributed by atoms with Gasteiger partial charge in [-0.25, -0.2) is 4.79 Å². The van der Waals surface area contributed by atoms with Gasteiger partial charge in [-0.15, -0.1) is 0 Å². The van der Waals surface area contributed by atoms with Gasteiger partial charge < -0.3 is 10.2 Å². The van der Waals surface area contributed by atoms with Crippen molar-refractivity contribution in [1.29, 1.82) is 0 Å². The van der Waals surface area contributed by atoms with Gasteiger partial charge in [0.05, 0.1) is 17.4 Å². The van der Waals surface area contributed by atoms with E-state index in [2.05, 4.69) is 19.2 Å². The SMILES string of the molecule is Cc1ccc2nsnc2c1NC(=O)N1CCCC[C@H]1CCn1cccn1. The van der Waals surface area contributed by atoms with Gasteiger partial charge in [0.2, 0.25) is 0 Å². The quantitative estimate of drug-likeness (QED) is 0.760. The summed E-state index contributed by atoms with van der Waals surface area (Å²) in [6.45, 7) is 3.60. The average Bonchev–Trinajstić information content (AvgIpc) is 3.34. The molecule has 1 fully saturated rings. The lowest BCUT2D eigenvalue weighted by Gasteiger charge is -2.36. The Morgan fingerprint density at radius 2 is 2.27 bits per heavy atom. The van der Waals surface area contributed by atoms with E-state index in [0.29, 0.717) is 0 Å². The van der Waals surface area contributed by atoms with Crippen LogP contribution in [-0.2, 0) is 6.54 Å². The summed E-state index contributed by atoms with van der Waals surface area (Å²) >= 11 is 1.17. The molecule has 0 saturated carbocycles. The maximum absolute atomic E-state index is 13.0. The van der Waals surface area contributed by atoms with Crippen molar-refractivity contribution < 1.29 is 4.79 Å². The second kappa shape index (κ2) is 7.41. The molecule has 1 atom stereocenters. The largest absolute Gasteiger partial charge is 0.322 e. The number of nitrogens with zero attached hydrogens (tertiary/aromatic N) is 5. The molecule has 1 aromatic carbocycles. The van der Waals surface area contributed by atoms with Crippen LogP contribution in [0.25, 0.3) is 11.0 Å². The van der Waals surface area contributed by atoms with Gasteiger partial charge in [-0.05, 0) is 50.3 Å². The summed E-state index contributed by atoms with van der Waals surface area (Å²) in [6.07, 6.45) is 7.92. The van der Waals surface area contributed by atoms with E-state index in [1.165, 1.54) is 11.7 Å². The summed E-state index contributed by atoms with van der Waals surface area (Å²) in [5, 5.41) is 7.36. The van der Waals surface area contributed by atoms with E-state index in [1.54, 1.807) is 6.20 Å². The van der Waals surface area contributed by atoms with Gasteiger partial charge in [0.25, 0.3) is 0 Å². The molecule has 136 valence electrons. The van der Waals surface area contributed by atoms with Crippen LogP contribution >= 0.6 is 11.7 Å². The first kappa shape index (κ1) is 17.0. The van der Waals surface area contributed by atoms with Gasteiger partial charge in [0.1, 0.15) is 11.0 Å². The summed E-state index contributed by atoms with van der Waals surface area (Å²) in [5.74, 6) is 0. The number of hydrogen-bond donors (Lipinski definition) is 1. The smallest absolute Gasteiger partial charge is 0.321 e. The summed E-state index contributed by atoms with van der Waals surface area (Å²) in [6, 6.07) is 6.04. The Balaban J connectivity index is 1.49. The molecule has 0 spiro atoms. The monoisotopic (exact) mass is 370 g/mol. The first-order valence-electron chi connectivity index (χ1n) is 8.99. The Morgan fingerprint density at radius 3 is 3.12 bits per heavy atom. The molecular weight excluding hydrogens is 348 g/mol. The number of aryl methyl sites for hydroxylation is 2. The van der Waals surface area contributed by atoms with E-state index in [9.17, 15) is 4.79 Å². The zero-order chi connectivity index (χ0) is 17.9. The minimum Gasteiger partial charge on any atom is -0.321 e. The topological polar surface area (TPSA) is 75.9 Å². The van der Waals surface area contributed by atoms with E-state index >= 15 is 0 Å². The number of hydrogen-bond acceptors (Lipinski definition) is 5. The Labute approximate surface area is 156 Å². The van der Waals surface area contributed by atoms with E-state index < -0.39 is 0 Å². The number of carbonyl (C=O) groups excluding carboxylic acids is 1.